The van der Waals surface area contributed by atoms with Crippen molar-refractivity contribution < 1.29 is 42.9 Å². The van der Waals surface area contributed by atoms with Gasteiger partial charge in [0.25, 0.3) is 0 Å². The van der Waals surface area contributed by atoms with Gasteiger partial charge in [0.2, 0.25) is 0 Å². The van der Waals surface area contributed by atoms with E-state index in [1.807, 2.05) is 41.5 Å². The van der Waals surface area contributed by atoms with Crippen LogP contribution in [-0.2, 0) is 42.9 Å². The fourth-order valence-electron chi connectivity index (χ4n) is 3.59. The predicted molar refractivity (Wildman–Crippen MR) is 119 cm³/mol. The Labute approximate surface area is 196 Å². The monoisotopic (exact) mass is 472 g/mol. The number of esters is 4. The molecule has 1 aliphatic rings. The molecule has 9 nitrogen and oxygen atoms in total. The smallest absolute Gasteiger partial charge is 0.306 e. The summed E-state index contributed by atoms with van der Waals surface area (Å²) in [5, 5.41) is 0. The largest absolute Gasteiger partial charge is 0.463 e. The van der Waals surface area contributed by atoms with Gasteiger partial charge in [0, 0.05) is 26.2 Å². The van der Waals surface area contributed by atoms with E-state index in [4.69, 9.17) is 23.7 Å². The molecule has 9 heteroatoms. The predicted octanol–water partition coefficient (Wildman–Crippen LogP) is 3.50. The van der Waals surface area contributed by atoms with Gasteiger partial charge in [0.1, 0.15) is 18.8 Å². The minimum absolute atomic E-state index is 0.148. The Morgan fingerprint density at radius 3 is 1.55 bits per heavy atom. The zero-order chi connectivity index (χ0) is 25.2. The summed E-state index contributed by atoms with van der Waals surface area (Å²) in [4.78, 5) is 48.9. The minimum atomic E-state index is -1.11. The molecule has 190 valence electrons. The third-order valence-corrected chi connectivity index (χ3v) is 5.10. The normalized spacial score (nSPS) is 25.1. The van der Waals surface area contributed by atoms with Crippen LogP contribution in [0.1, 0.15) is 87.0 Å². The fourth-order valence-corrected chi connectivity index (χ4v) is 3.59. The first-order valence-corrected chi connectivity index (χ1v) is 11.8. The van der Waals surface area contributed by atoms with Crippen LogP contribution >= 0.6 is 0 Å². The molecule has 0 spiro atoms. The Kier molecular flexibility index (Phi) is 11.8. The van der Waals surface area contributed by atoms with Crippen molar-refractivity contribution in [3.05, 3.63) is 0 Å². The topological polar surface area (TPSA) is 114 Å². The van der Waals surface area contributed by atoms with Gasteiger partial charge in [-0.25, -0.2) is 0 Å². The maximum atomic E-state index is 12.5. The molecule has 0 N–H and O–H groups in total. The van der Waals surface area contributed by atoms with Gasteiger partial charge in [-0.15, -0.1) is 0 Å². The maximum absolute atomic E-state index is 12.5. The van der Waals surface area contributed by atoms with Gasteiger partial charge in [0.05, 0.1) is 0 Å². The van der Waals surface area contributed by atoms with Crippen LogP contribution in [0.25, 0.3) is 0 Å². The van der Waals surface area contributed by atoms with E-state index < -0.39 is 59.8 Å². The van der Waals surface area contributed by atoms with Crippen LogP contribution in [0, 0.1) is 5.41 Å². The van der Waals surface area contributed by atoms with Crippen molar-refractivity contribution >= 4 is 23.9 Å². The van der Waals surface area contributed by atoms with E-state index in [-0.39, 0.29) is 25.9 Å². The van der Waals surface area contributed by atoms with E-state index >= 15 is 0 Å². The van der Waals surface area contributed by atoms with E-state index in [0.717, 1.165) is 0 Å². The average molecular weight is 473 g/mol. The molecule has 0 aromatic carbocycles. The van der Waals surface area contributed by atoms with Crippen LogP contribution in [0.15, 0.2) is 0 Å². The Balaban J connectivity index is 3.46. The Morgan fingerprint density at radius 2 is 1.15 bits per heavy atom. The highest BCUT2D eigenvalue weighted by Gasteiger charge is 2.55. The summed E-state index contributed by atoms with van der Waals surface area (Å²) in [5.74, 6) is -2.01. The molecular formula is C24H40O9. The molecule has 0 saturated carbocycles. The number of carbonyl (C=O) groups excluding carboxylic acids is 4. The van der Waals surface area contributed by atoms with Crippen LogP contribution in [0.3, 0.4) is 0 Å². The number of hydrogen-bond donors (Lipinski definition) is 0. The summed E-state index contributed by atoms with van der Waals surface area (Å²) >= 11 is 0. The second-order valence-electron chi connectivity index (χ2n) is 9.38. The van der Waals surface area contributed by atoms with Crippen LogP contribution in [0.5, 0.6) is 0 Å². The molecule has 1 heterocycles. The van der Waals surface area contributed by atoms with Crippen molar-refractivity contribution in [1.82, 2.24) is 0 Å². The third kappa shape index (κ3) is 9.31. The summed E-state index contributed by atoms with van der Waals surface area (Å²) in [5.41, 5.74) is -0.542. The SMILES string of the molecule is CCCC(=O)OC1C(COC(C)=O)OC(C(C)(C)C)C(OC(=O)CCC)C1OC(=O)CCC. The summed E-state index contributed by atoms with van der Waals surface area (Å²) in [7, 11) is 0. The van der Waals surface area contributed by atoms with Gasteiger partial charge in [0.15, 0.2) is 18.3 Å². The molecule has 1 saturated heterocycles. The van der Waals surface area contributed by atoms with Crippen LogP contribution in [-0.4, -0.2) is 61.0 Å². The minimum Gasteiger partial charge on any atom is -0.463 e. The maximum Gasteiger partial charge on any atom is 0.306 e. The van der Waals surface area contributed by atoms with Crippen molar-refractivity contribution in [1.29, 1.82) is 0 Å². The molecule has 1 rings (SSSR count). The molecule has 5 unspecified atom stereocenters. The summed E-state index contributed by atoms with van der Waals surface area (Å²) in [6, 6.07) is 0. The lowest BCUT2D eigenvalue weighted by Gasteiger charge is -2.48. The second kappa shape index (κ2) is 13.5. The molecule has 0 radical (unpaired) electrons. The average Bonchev–Trinajstić information content (AvgIpc) is 2.69. The zero-order valence-electron chi connectivity index (χ0n) is 21.0. The lowest BCUT2D eigenvalue weighted by atomic mass is 9.80. The summed E-state index contributed by atoms with van der Waals surface area (Å²) in [6.45, 7) is 12.3. The number of hydrogen-bond acceptors (Lipinski definition) is 9. The molecule has 5 atom stereocenters. The highest BCUT2D eigenvalue weighted by molar-refractivity contribution is 5.71. The Hall–Kier alpha value is -2.16. The molecule has 0 aliphatic carbocycles. The van der Waals surface area contributed by atoms with Crippen molar-refractivity contribution in [2.24, 2.45) is 5.41 Å². The van der Waals surface area contributed by atoms with Crippen molar-refractivity contribution in [3.8, 4) is 0 Å². The molecule has 0 aromatic rings. The van der Waals surface area contributed by atoms with Gasteiger partial charge in [-0.2, -0.15) is 0 Å². The first kappa shape index (κ1) is 28.9. The van der Waals surface area contributed by atoms with Gasteiger partial charge in [-0.1, -0.05) is 41.5 Å². The lowest BCUT2D eigenvalue weighted by molar-refractivity contribution is -0.268. The molecule has 1 aliphatic heterocycles. The standard InChI is InChI=1S/C24H40O9/c1-8-11-17(26)31-20-16(14-29-15(4)25)30-23(24(5,6)7)22(33-19(28)13-10-3)21(20)32-18(27)12-9-2/h16,20-23H,8-14H2,1-7H3. The fraction of sp³-hybridized carbons (Fsp3) is 0.833. The van der Waals surface area contributed by atoms with Crippen LogP contribution in [0.4, 0.5) is 0 Å². The van der Waals surface area contributed by atoms with Gasteiger partial charge < -0.3 is 23.7 Å². The van der Waals surface area contributed by atoms with Crippen molar-refractivity contribution in [2.75, 3.05) is 6.61 Å². The van der Waals surface area contributed by atoms with E-state index in [2.05, 4.69) is 0 Å². The molecule has 0 bridgehead atoms. The quantitative estimate of drug-likeness (QED) is 0.329. The zero-order valence-corrected chi connectivity index (χ0v) is 21.0. The highest BCUT2D eigenvalue weighted by atomic mass is 16.7. The summed E-state index contributed by atoms with van der Waals surface area (Å²) < 4.78 is 28.6. The Bertz CT molecular complexity index is 667. The molecular weight excluding hydrogens is 432 g/mol. The van der Waals surface area contributed by atoms with E-state index in [1.54, 1.807) is 0 Å². The van der Waals surface area contributed by atoms with Crippen LogP contribution < -0.4 is 0 Å². The molecule has 1 fully saturated rings. The first-order chi connectivity index (χ1) is 15.4. The van der Waals surface area contributed by atoms with E-state index in [9.17, 15) is 19.2 Å². The molecule has 0 amide bonds. The first-order valence-electron chi connectivity index (χ1n) is 11.8. The number of rotatable bonds is 11. The third-order valence-electron chi connectivity index (χ3n) is 5.10. The number of ether oxygens (including phenoxy) is 5. The van der Waals surface area contributed by atoms with Gasteiger partial charge in [-0.05, 0) is 24.7 Å². The highest BCUT2D eigenvalue weighted by Crippen LogP contribution is 2.37. The lowest BCUT2D eigenvalue weighted by Crippen LogP contribution is -2.65. The van der Waals surface area contributed by atoms with Crippen molar-refractivity contribution in [2.45, 2.75) is 118 Å². The van der Waals surface area contributed by atoms with Gasteiger partial charge in [-0.3, -0.25) is 19.2 Å². The van der Waals surface area contributed by atoms with Gasteiger partial charge >= 0.3 is 23.9 Å². The van der Waals surface area contributed by atoms with Crippen molar-refractivity contribution in [3.63, 3.8) is 0 Å². The summed E-state index contributed by atoms with van der Waals surface area (Å²) in [6.07, 6.45) is -2.66. The number of carbonyl (C=O) groups is 4. The molecule has 0 aromatic heterocycles. The Morgan fingerprint density at radius 1 is 0.727 bits per heavy atom. The van der Waals surface area contributed by atoms with Crippen LogP contribution in [0.2, 0.25) is 0 Å². The second-order valence-corrected chi connectivity index (χ2v) is 9.38. The molecule has 33 heavy (non-hydrogen) atoms. The van der Waals surface area contributed by atoms with E-state index in [0.29, 0.717) is 19.3 Å². The van der Waals surface area contributed by atoms with E-state index in [1.165, 1.54) is 6.92 Å².